The van der Waals surface area contributed by atoms with Gasteiger partial charge in [0.15, 0.2) is 0 Å². The quantitative estimate of drug-likeness (QED) is 0.381. The highest BCUT2D eigenvalue weighted by Crippen LogP contribution is 2.33. The zero-order valence-corrected chi connectivity index (χ0v) is 11.0. The van der Waals surface area contributed by atoms with Crippen molar-refractivity contribution >= 4 is 51.2 Å². The van der Waals surface area contributed by atoms with Crippen LogP contribution in [0.15, 0.2) is 12.1 Å². The van der Waals surface area contributed by atoms with Crippen LogP contribution >= 0.6 is 45.2 Å². The van der Waals surface area contributed by atoms with Crippen molar-refractivity contribution in [2.45, 2.75) is 12.8 Å². The number of rotatable bonds is 0. The van der Waals surface area contributed by atoms with Gasteiger partial charge in [-0.1, -0.05) is 6.07 Å². The first kappa shape index (κ1) is 9.70. The van der Waals surface area contributed by atoms with Crippen LogP contribution in [0.1, 0.15) is 12.0 Å². The van der Waals surface area contributed by atoms with Crippen molar-refractivity contribution < 1.29 is 9.53 Å². The lowest BCUT2D eigenvalue weighted by atomic mass is 10.1. The van der Waals surface area contributed by atoms with Crippen molar-refractivity contribution in [2.24, 2.45) is 0 Å². The first-order valence-electron chi connectivity index (χ1n) is 3.86. The van der Waals surface area contributed by atoms with Gasteiger partial charge in [0, 0.05) is 3.57 Å². The van der Waals surface area contributed by atoms with E-state index >= 15 is 0 Å². The summed E-state index contributed by atoms with van der Waals surface area (Å²) in [6.45, 7) is 0. The number of fused-ring (bicyclic) bond motifs is 1. The summed E-state index contributed by atoms with van der Waals surface area (Å²) in [7, 11) is 0. The van der Waals surface area contributed by atoms with Gasteiger partial charge in [0.05, 0.1) is 9.99 Å². The zero-order valence-electron chi connectivity index (χ0n) is 6.64. The maximum Gasteiger partial charge on any atom is 0.311 e. The van der Waals surface area contributed by atoms with Crippen molar-refractivity contribution in [1.29, 1.82) is 0 Å². The molecule has 0 amide bonds. The highest BCUT2D eigenvalue weighted by molar-refractivity contribution is 14.1. The van der Waals surface area contributed by atoms with Crippen LogP contribution in [-0.4, -0.2) is 5.97 Å². The number of esters is 1. The lowest BCUT2D eigenvalue weighted by Crippen LogP contribution is -2.17. The largest absolute Gasteiger partial charge is 0.425 e. The third-order valence-corrected chi connectivity index (χ3v) is 4.95. The van der Waals surface area contributed by atoms with Crippen molar-refractivity contribution in [3.63, 3.8) is 0 Å². The highest BCUT2D eigenvalue weighted by atomic mass is 127. The van der Waals surface area contributed by atoms with Crippen molar-refractivity contribution in [1.82, 2.24) is 0 Å². The van der Waals surface area contributed by atoms with E-state index in [-0.39, 0.29) is 5.97 Å². The first-order valence-corrected chi connectivity index (χ1v) is 6.02. The molecule has 1 heterocycles. The third kappa shape index (κ3) is 1.83. The van der Waals surface area contributed by atoms with Crippen molar-refractivity contribution in [3.8, 4) is 5.75 Å². The summed E-state index contributed by atoms with van der Waals surface area (Å²) >= 11 is 4.45. The summed E-state index contributed by atoms with van der Waals surface area (Å²) in [5.74, 6) is 0.649. The number of aryl methyl sites for hydroxylation is 1. The summed E-state index contributed by atoms with van der Waals surface area (Å²) in [6.07, 6.45) is 1.31. The summed E-state index contributed by atoms with van der Waals surface area (Å²) in [6, 6.07) is 4.09. The zero-order chi connectivity index (χ0) is 9.42. The maximum atomic E-state index is 11.1. The Labute approximate surface area is 103 Å². The second-order valence-corrected chi connectivity index (χ2v) is 5.06. The smallest absolute Gasteiger partial charge is 0.311 e. The molecule has 0 bridgehead atoms. The van der Waals surface area contributed by atoms with Gasteiger partial charge in [-0.2, -0.15) is 0 Å². The summed E-state index contributed by atoms with van der Waals surface area (Å²) in [4.78, 5) is 11.1. The Balaban J connectivity index is 2.54. The van der Waals surface area contributed by atoms with Gasteiger partial charge in [-0.25, -0.2) is 0 Å². The minimum absolute atomic E-state index is 0.118. The molecular formula is C9H6I2O2. The molecule has 0 N–H and O–H groups in total. The molecule has 0 saturated heterocycles. The average Bonchev–Trinajstić information content (AvgIpc) is 2.12. The van der Waals surface area contributed by atoms with Crippen LogP contribution in [0, 0.1) is 7.14 Å². The molecule has 0 fully saturated rings. The highest BCUT2D eigenvalue weighted by Gasteiger charge is 2.20. The summed E-state index contributed by atoms with van der Waals surface area (Å²) in [5, 5.41) is 0. The number of ether oxygens (including phenoxy) is 1. The van der Waals surface area contributed by atoms with Crippen LogP contribution in [0.25, 0.3) is 0 Å². The summed E-state index contributed by atoms with van der Waals surface area (Å²) in [5.41, 5.74) is 1.14. The van der Waals surface area contributed by atoms with Crippen LogP contribution < -0.4 is 4.74 Å². The average molecular weight is 400 g/mol. The number of benzene rings is 1. The fourth-order valence-electron chi connectivity index (χ4n) is 1.28. The molecule has 13 heavy (non-hydrogen) atoms. The van der Waals surface area contributed by atoms with E-state index in [2.05, 4.69) is 51.2 Å². The van der Waals surface area contributed by atoms with Crippen molar-refractivity contribution in [3.05, 3.63) is 24.8 Å². The fraction of sp³-hybridized carbons (Fsp3) is 0.222. The number of hydrogen-bond donors (Lipinski definition) is 0. The van der Waals surface area contributed by atoms with E-state index in [0.717, 1.165) is 24.9 Å². The molecule has 0 atom stereocenters. The SMILES string of the molecule is O=C1CCc2ccc(I)c(I)c2O1. The second-order valence-electron chi connectivity index (χ2n) is 2.82. The number of hydrogen-bond acceptors (Lipinski definition) is 2. The topological polar surface area (TPSA) is 26.3 Å². The van der Waals surface area contributed by atoms with Gasteiger partial charge >= 0.3 is 5.97 Å². The molecule has 4 heteroatoms. The Hall–Kier alpha value is 0.150. The Morgan fingerprint density at radius 3 is 2.77 bits per heavy atom. The fourth-order valence-corrected chi connectivity index (χ4v) is 2.34. The van der Waals surface area contributed by atoms with Gasteiger partial charge in [-0.05, 0) is 63.2 Å². The molecule has 0 spiro atoms. The predicted molar refractivity (Wildman–Crippen MR) is 65.8 cm³/mol. The van der Waals surface area contributed by atoms with Crippen LogP contribution in [0.2, 0.25) is 0 Å². The molecule has 0 aliphatic carbocycles. The molecule has 0 radical (unpaired) electrons. The maximum absolute atomic E-state index is 11.1. The molecular weight excluding hydrogens is 394 g/mol. The molecule has 2 rings (SSSR count). The molecule has 1 aliphatic rings. The molecule has 1 aliphatic heterocycles. The Morgan fingerprint density at radius 1 is 1.23 bits per heavy atom. The normalized spacial score (nSPS) is 15.1. The van der Waals surface area contributed by atoms with Gasteiger partial charge in [-0.3, -0.25) is 4.79 Å². The van der Waals surface area contributed by atoms with Gasteiger partial charge < -0.3 is 4.74 Å². The molecule has 2 nitrogen and oxygen atoms in total. The molecule has 0 unspecified atom stereocenters. The van der Waals surface area contributed by atoms with Gasteiger partial charge in [0.25, 0.3) is 0 Å². The molecule has 1 aromatic rings. The standard InChI is InChI=1S/C9H6I2O2/c10-6-3-1-5-2-4-7(12)13-9(5)8(6)11/h1,3H,2,4H2. The van der Waals surface area contributed by atoms with Crippen LogP contribution in [-0.2, 0) is 11.2 Å². The molecule has 0 saturated carbocycles. The van der Waals surface area contributed by atoms with E-state index in [9.17, 15) is 4.79 Å². The molecule has 68 valence electrons. The monoisotopic (exact) mass is 400 g/mol. The van der Waals surface area contributed by atoms with Crippen LogP contribution in [0.3, 0.4) is 0 Å². The number of carbonyl (C=O) groups is 1. The van der Waals surface area contributed by atoms with Gasteiger partial charge in [-0.15, -0.1) is 0 Å². The van der Waals surface area contributed by atoms with Crippen LogP contribution in [0.5, 0.6) is 5.75 Å². The lowest BCUT2D eigenvalue weighted by Gasteiger charge is -2.17. The Morgan fingerprint density at radius 2 is 2.00 bits per heavy atom. The molecule has 1 aromatic carbocycles. The second kappa shape index (κ2) is 3.72. The third-order valence-electron chi connectivity index (χ3n) is 1.95. The van der Waals surface area contributed by atoms with E-state index in [0.29, 0.717) is 6.42 Å². The van der Waals surface area contributed by atoms with Crippen molar-refractivity contribution in [2.75, 3.05) is 0 Å². The number of carbonyl (C=O) groups excluding carboxylic acids is 1. The van der Waals surface area contributed by atoms with E-state index in [4.69, 9.17) is 4.74 Å². The van der Waals surface area contributed by atoms with Crippen LogP contribution in [0.4, 0.5) is 0 Å². The van der Waals surface area contributed by atoms with E-state index in [1.807, 2.05) is 6.07 Å². The van der Waals surface area contributed by atoms with E-state index in [1.54, 1.807) is 0 Å². The predicted octanol–water partition coefficient (Wildman–Crippen LogP) is 2.75. The Bertz CT molecular complexity index is 374. The van der Waals surface area contributed by atoms with Gasteiger partial charge in [0.2, 0.25) is 0 Å². The van der Waals surface area contributed by atoms with E-state index < -0.39 is 0 Å². The van der Waals surface area contributed by atoms with E-state index in [1.165, 1.54) is 0 Å². The minimum atomic E-state index is -0.118. The minimum Gasteiger partial charge on any atom is -0.425 e. The first-order chi connectivity index (χ1) is 6.18. The molecule has 0 aromatic heterocycles. The number of halogens is 2. The lowest BCUT2D eigenvalue weighted by molar-refractivity contribution is -0.135. The summed E-state index contributed by atoms with van der Waals surface area (Å²) < 4.78 is 7.37. The van der Waals surface area contributed by atoms with Gasteiger partial charge in [0.1, 0.15) is 5.75 Å². The Kier molecular flexibility index (Phi) is 2.77.